The van der Waals surface area contributed by atoms with Crippen LogP contribution in [0, 0.1) is 19.9 Å². The fourth-order valence-corrected chi connectivity index (χ4v) is 5.04. The Hall–Kier alpha value is -3.07. The minimum atomic E-state index is -3.96. The van der Waals surface area contributed by atoms with Crippen molar-refractivity contribution in [3.63, 3.8) is 0 Å². The van der Waals surface area contributed by atoms with E-state index in [0.29, 0.717) is 33.9 Å². The zero-order valence-corrected chi connectivity index (χ0v) is 18.7. The number of carbonyl (C=O) groups is 1. The fraction of sp³-hybridized carbons (Fsp3) is 0.211. The number of rotatable bonds is 4. The molecule has 31 heavy (non-hydrogen) atoms. The molecule has 1 aromatic carbocycles. The normalized spacial score (nSPS) is 12.4. The molecule has 12 heteroatoms. The van der Waals surface area contributed by atoms with Crippen molar-refractivity contribution in [1.82, 2.24) is 9.88 Å². The molecule has 0 radical (unpaired) electrons. The Balaban J connectivity index is 1.68. The van der Waals surface area contributed by atoms with E-state index in [2.05, 4.69) is 20.8 Å². The topological polar surface area (TPSA) is 112 Å². The average molecular weight is 481 g/mol. The number of halogens is 1. The van der Waals surface area contributed by atoms with Crippen molar-refractivity contribution < 1.29 is 27.2 Å². The first kappa shape index (κ1) is 21.2. The maximum atomic E-state index is 12.6. The van der Waals surface area contributed by atoms with Crippen LogP contribution in [-0.4, -0.2) is 26.3 Å². The number of benzene rings is 1. The molecule has 3 aromatic rings. The Bertz CT molecular complexity index is 1340. The van der Waals surface area contributed by atoms with Gasteiger partial charge < -0.3 is 9.47 Å². The number of aryl methyl sites for hydroxylation is 1. The lowest BCUT2D eigenvalue weighted by molar-refractivity contribution is -0.118. The number of thiophene rings is 1. The summed E-state index contributed by atoms with van der Waals surface area (Å²) in [4.78, 5) is 16.7. The van der Waals surface area contributed by atoms with Gasteiger partial charge in [0.05, 0.1) is 11.3 Å². The van der Waals surface area contributed by atoms with Crippen molar-refractivity contribution in [2.75, 3.05) is 6.79 Å². The molecule has 0 unspecified atom stereocenters. The van der Waals surface area contributed by atoms with Gasteiger partial charge in [-0.3, -0.25) is 9.32 Å². The number of carbonyl (C=O) groups excluding carboxylic acids is 1. The van der Waals surface area contributed by atoms with Gasteiger partial charge in [-0.1, -0.05) is 16.8 Å². The largest absolute Gasteiger partial charge is 0.547 e. The van der Waals surface area contributed by atoms with E-state index < -0.39 is 15.9 Å². The Morgan fingerprint density at radius 2 is 2.19 bits per heavy atom. The quantitative estimate of drug-likeness (QED) is 0.604. The summed E-state index contributed by atoms with van der Waals surface area (Å²) in [6.07, 6.45) is -0.257. The third kappa shape index (κ3) is 4.23. The summed E-state index contributed by atoms with van der Waals surface area (Å²) in [5.41, 5.74) is 1.95. The third-order valence-electron chi connectivity index (χ3n) is 4.48. The van der Waals surface area contributed by atoms with Gasteiger partial charge in [0.2, 0.25) is 12.7 Å². The summed E-state index contributed by atoms with van der Waals surface area (Å²) in [5.74, 6) is 0.280. The molecule has 0 aliphatic carbocycles. The molecule has 1 amide bonds. The number of sulfonamides is 1. The summed E-state index contributed by atoms with van der Waals surface area (Å²) in [6, 6.07) is 5.81. The van der Waals surface area contributed by atoms with E-state index in [1.54, 1.807) is 25.3 Å². The molecule has 0 atom stereocenters. The summed E-state index contributed by atoms with van der Waals surface area (Å²) in [5, 5.41) is 7.02. The van der Waals surface area contributed by atoms with E-state index in [-0.39, 0.29) is 29.0 Å². The van der Waals surface area contributed by atoms with Gasteiger partial charge >= 0.3 is 12.0 Å². The average Bonchev–Trinajstić information content (AvgIpc) is 3.46. The molecule has 0 saturated carbocycles. The van der Waals surface area contributed by atoms with Crippen LogP contribution in [0.1, 0.15) is 22.4 Å². The summed E-state index contributed by atoms with van der Waals surface area (Å²) in [7, 11) is -3.96. The van der Waals surface area contributed by atoms with Crippen molar-refractivity contribution in [2.45, 2.75) is 25.2 Å². The van der Waals surface area contributed by atoms with Gasteiger partial charge in [-0.25, -0.2) is 13.1 Å². The summed E-state index contributed by atoms with van der Waals surface area (Å²) >= 11 is 7.30. The van der Waals surface area contributed by atoms with Crippen molar-refractivity contribution in [2.24, 2.45) is 0 Å². The predicted molar refractivity (Wildman–Crippen MR) is 113 cm³/mol. The molecule has 1 N–H and O–H groups in total. The van der Waals surface area contributed by atoms with E-state index in [9.17, 15) is 13.2 Å². The lowest BCUT2D eigenvalue weighted by atomic mass is 9.98. The van der Waals surface area contributed by atoms with Crippen LogP contribution < -0.4 is 14.2 Å². The first-order valence-electron chi connectivity index (χ1n) is 8.84. The molecule has 0 bridgehead atoms. The van der Waals surface area contributed by atoms with E-state index in [1.165, 1.54) is 22.8 Å². The second-order valence-electron chi connectivity index (χ2n) is 6.54. The highest BCUT2D eigenvalue weighted by atomic mass is 35.5. The van der Waals surface area contributed by atoms with Gasteiger partial charge in [0, 0.05) is 21.9 Å². The van der Waals surface area contributed by atoms with E-state index in [0.717, 1.165) is 0 Å². The highest BCUT2D eigenvalue weighted by Gasteiger charge is 2.27. The predicted octanol–water partition coefficient (Wildman–Crippen LogP) is 3.80. The Labute approximate surface area is 186 Å². The highest BCUT2D eigenvalue weighted by molar-refractivity contribution is 7.90. The molecule has 4 rings (SSSR count). The molecule has 1 aliphatic rings. The molecule has 3 heterocycles. The van der Waals surface area contributed by atoms with E-state index in [4.69, 9.17) is 25.6 Å². The maximum Gasteiger partial charge on any atom is 0.547 e. The Morgan fingerprint density at radius 1 is 1.39 bits per heavy atom. The smallest absolute Gasteiger partial charge is 0.454 e. The fourth-order valence-electron chi connectivity index (χ4n) is 2.91. The minimum absolute atomic E-state index is 0.0249. The zero-order valence-electron chi connectivity index (χ0n) is 16.3. The van der Waals surface area contributed by atoms with Crippen molar-refractivity contribution >= 4 is 44.8 Å². The monoisotopic (exact) mass is 480 g/mol. The standard InChI is InChI=1S/C19H14ClN3O6S2/c1-10-14(6-16(24)23-31(25,26)13-3-4-30-8-13)12(5-15-18(10)28-9-27-15)7-21-19-17(20)11(2)22-29-19/h3-5,8H,6,9H2,1-2H3/p+1. The molecule has 9 nitrogen and oxygen atoms in total. The number of aromatic nitrogens is 1. The summed E-state index contributed by atoms with van der Waals surface area (Å²) in [6.45, 7) is 3.43. The van der Waals surface area contributed by atoms with Crippen LogP contribution in [0.4, 0.5) is 5.88 Å². The molecule has 0 fully saturated rings. The van der Waals surface area contributed by atoms with Gasteiger partial charge in [0.1, 0.15) is 11.3 Å². The van der Waals surface area contributed by atoms with E-state index >= 15 is 0 Å². The Kier molecular flexibility index (Phi) is 5.62. The molecule has 0 saturated heterocycles. The van der Waals surface area contributed by atoms with Gasteiger partial charge in [-0.2, -0.15) is 11.3 Å². The number of nitrogens with zero attached hydrogens (tertiary/aromatic N) is 2. The van der Waals surface area contributed by atoms with Crippen molar-refractivity contribution in [1.29, 1.82) is 0 Å². The summed E-state index contributed by atoms with van der Waals surface area (Å²) < 4.78 is 42.7. The van der Waals surface area contributed by atoms with Crippen LogP contribution in [0.25, 0.3) is 4.85 Å². The SMILES string of the molecule is Cc1noc([N+]#Cc2cc3c(c(C)c2CC(=O)NS(=O)(=O)c2ccsc2)OCO3)c1Cl. The molecule has 1 aliphatic heterocycles. The number of hydrogen-bond donors (Lipinski definition) is 1. The van der Waals surface area contributed by atoms with E-state index in [1.807, 2.05) is 0 Å². The lowest BCUT2D eigenvalue weighted by Crippen LogP contribution is -2.32. The Morgan fingerprint density at radius 3 is 2.87 bits per heavy atom. The molecular weight excluding hydrogens is 466 g/mol. The van der Waals surface area contributed by atoms with Crippen LogP contribution in [0.15, 0.2) is 32.3 Å². The van der Waals surface area contributed by atoms with Gasteiger partial charge in [-0.15, -0.1) is 0 Å². The van der Waals surface area contributed by atoms with Crippen molar-refractivity contribution in [3.05, 3.63) is 55.1 Å². The lowest BCUT2D eigenvalue weighted by Gasteiger charge is -2.10. The maximum absolute atomic E-state index is 12.6. The first-order chi connectivity index (χ1) is 14.8. The van der Waals surface area contributed by atoms with Crippen LogP contribution in [0.2, 0.25) is 5.02 Å². The number of amides is 1. The highest BCUT2D eigenvalue weighted by Crippen LogP contribution is 2.39. The second kappa shape index (κ2) is 8.22. The first-order valence-corrected chi connectivity index (χ1v) is 11.6. The van der Waals surface area contributed by atoms with Crippen molar-refractivity contribution in [3.8, 4) is 17.6 Å². The number of fused-ring (bicyclic) bond motifs is 1. The van der Waals surface area contributed by atoms with Crippen LogP contribution in [0.5, 0.6) is 11.5 Å². The number of nitrogens with one attached hydrogen (secondary N) is 1. The van der Waals surface area contributed by atoms with Crippen LogP contribution in [-0.2, 0) is 21.2 Å². The third-order valence-corrected chi connectivity index (χ3v) is 7.12. The zero-order chi connectivity index (χ0) is 22.2. The molecule has 2 aromatic heterocycles. The molecule has 0 spiro atoms. The van der Waals surface area contributed by atoms with Gasteiger partial charge in [0.25, 0.3) is 10.0 Å². The van der Waals surface area contributed by atoms with Crippen LogP contribution in [0.3, 0.4) is 0 Å². The van der Waals surface area contributed by atoms with Gasteiger partial charge in [-0.05, 0) is 30.9 Å². The molecule has 160 valence electrons. The molecular formula is C19H15ClN3O6S2+. The van der Waals surface area contributed by atoms with Gasteiger partial charge in [0.15, 0.2) is 16.5 Å². The number of ether oxygens (including phenoxy) is 2. The number of hydrogen-bond acceptors (Lipinski definition) is 8. The second-order valence-corrected chi connectivity index (χ2v) is 9.38. The van der Waals surface area contributed by atoms with Crippen LogP contribution >= 0.6 is 22.9 Å². The minimum Gasteiger partial charge on any atom is -0.454 e.